The largest absolute Gasteiger partial charge is 0.385 e. The minimum atomic E-state index is 0. The van der Waals surface area contributed by atoms with Gasteiger partial charge >= 0.3 is 0 Å². The van der Waals surface area contributed by atoms with Crippen LogP contribution >= 0.6 is 24.0 Å². The molecule has 5 nitrogen and oxygen atoms in total. The smallest absolute Gasteiger partial charge is 0.191 e. The molecule has 1 heterocycles. The highest BCUT2D eigenvalue weighted by Crippen LogP contribution is 2.40. The zero-order chi connectivity index (χ0) is 19.7. The van der Waals surface area contributed by atoms with Crippen molar-refractivity contribution in [3.63, 3.8) is 0 Å². The third-order valence-electron chi connectivity index (χ3n) is 6.79. The molecule has 164 valence electrons. The van der Waals surface area contributed by atoms with E-state index in [0.29, 0.717) is 5.41 Å². The number of rotatable bonds is 8. The normalized spacial score (nSPS) is 20.7. The average molecular weight is 515 g/mol. The van der Waals surface area contributed by atoms with Gasteiger partial charge in [-0.2, -0.15) is 0 Å². The standard InChI is InChI=1S/C23H37N3O2.HI/c1-24-21(25-18-22(12-15-27-2)10-6-7-11-22)26-19-23(13-16-28-17-14-23)20-8-4-3-5-9-20;/h3-5,8-9H,6-7,10-19H2,1-2H3,(H2,24,25,26);1H. The third kappa shape index (κ3) is 6.56. The maximum atomic E-state index is 5.66. The quantitative estimate of drug-likeness (QED) is 0.311. The van der Waals surface area contributed by atoms with Gasteiger partial charge in [0.1, 0.15) is 0 Å². The number of hydrogen-bond acceptors (Lipinski definition) is 3. The molecule has 1 aromatic rings. The van der Waals surface area contributed by atoms with E-state index in [-0.39, 0.29) is 29.4 Å². The second kappa shape index (κ2) is 12.1. The van der Waals surface area contributed by atoms with Gasteiger partial charge in [0, 0.05) is 52.5 Å². The molecule has 2 fully saturated rings. The number of guanidine groups is 1. The Bertz CT molecular complexity index is 612. The minimum absolute atomic E-state index is 0. The average Bonchev–Trinajstić information content (AvgIpc) is 3.23. The molecular weight excluding hydrogens is 477 g/mol. The molecule has 0 aromatic heterocycles. The van der Waals surface area contributed by atoms with Gasteiger partial charge in [0.05, 0.1) is 0 Å². The molecule has 0 spiro atoms. The Morgan fingerprint density at radius 1 is 1.03 bits per heavy atom. The summed E-state index contributed by atoms with van der Waals surface area (Å²) in [5, 5.41) is 7.25. The van der Waals surface area contributed by atoms with Crippen LogP contribution in [0.3, 0.4) is 0 Å². The predicted octanol–water partition coefficient (Wildman–Crippen LogP) is 4.11. The number of aliphatic imine (C=N–C) groups is 1. The van der Waals surface area contributed by atoms with E-state index in [1.54, 1.807) is 7.11 Å². The van der Waals surface area contributed by atoms with Crippen LogP contribution in [0.1, 0.15) is 50.5 Å². The van der Waals surface area contributed by atoms with Crippen molar-refractivity contribution in [2.75, 3.05) is 47.1 Å². The molecule has 1 saturated heterocycles. The maximum Gasteiger partial charge on any atom is 0.191 e. The van der Waals surface area contributed by atoms with Gasteiger partial charge in [-0.3, -0.25) is 4.99 Å². The summed E-state index contributed by atoms with van der Waals surface area (Å²) in [7, 11) is 3.67. The molecule has 29 heavy (non-hydrogen) atoms. The van der Waals surface area contributed by atoms with E-state index in [1.165, 1.54) is 31.2 Å². The van der Waals surface area contributed by atoms with Crippen LogP contribution in [-0.4, -0.2) is 53.0 Å². The van der Waals surface area contributed by atoms with Gasteiger partial charge in [0.2, 0.25) is 0 Å². The molecule has 6 heteroatoms. The van der Waals surface area contributed by atoms with Gasteiger partial charge in [-0.25, -0.2) is 0 Å². The van der Waals surface area contributed by atoms with E-state index in [0.717, 1.165) is 58.1 Å². The molecule has 0 unspecified atom stereocenters. The summed E-state index contributed by atoms with van der Waals surface area (Å²) in [5.74, 6) is 0.908. The maximum absolute atomic E-state index is 5.66. The highest BCUT2D eigenvalue weighted by molar-refractivity contribution is 14.0. The Kier molecular flexibility index (Phi) is 10.2. The highest BCUT2D eigenvalue weighted by Gasteiger charge is 2.36. The monoisotopic (exact) mass is 515 g/mol. The molecule has 0 radical (unpaired) electrons. The van der Waals surface area contributed by atoms with Crippen molar-refractivity contribution >= 4 is 29.9 Å². The van der Waals surface area contributed by atoms with Crippen LogP contribution < -0.4 is 10.6 Å². The van der Waals surface area contributed by atoms with Crippen molar-refractivity contribution in [1.82, 2.24) is 10.6 Å². The molecule has 1 aliphatic heterocycles. The molecule has 1 aliphatic carbocycles. The number of benzene rings is 1. The van der Waals surface area contributed by atoms with Gasteiger partial charge < -0.3 is 20.1 Å². The Balaban J connectivity index is 0.00000300. The summed E-state index contributed by atoms with van der Waals surface area (Å²) in [6, 6.07) is 10.9. The van der Waals surface area contributed by atoms with Crippen molar-refractivity contribution < 1.29 is 9.47 Å². The SMILES string of the molecule is CN=C(NCC1(CCOC)CCCC1)NCC1(c2ccccc2)CCOCC1.I. The number of nitrogens with one attached hydrogen (secondary N) is 2. The van der Waals surface area contributed by atoms with E-state index in [4.69, 9.17) is 9.47 Å². The lowest BCUT2D eigenvalue weighted by Crippen LogP contribution is -2.49. The number of halogens is 1. The number of methoxy groups -OCH3 is 1. The Labute approximate surface area is 193 Å². The van der Waals surface area contributed by atoms with Crippen molar-refractivity contribution in [3.8, 4) is 0 Å². The first-order valence-electron chi connectivity index (χ1n) is 10.8. The highest BCUT2D eigenvalue weighted by atomic mass is 127. The second-order valence-corrected chi connectivity index (χ2v) is 8.49. The summed E-state index contributed by atoms with van der Waals surface area (Å²) < 4.78 is 11.0. The third-order valence-corrected chi connectivity index (χ3v) is 6.79. The molecular formula is C23H38IN3O2. The number of ether oxygens (including phenoxy) is 2. The zero-order valence-electron chi connectivity index (χ0n) is 18.0. The van der Waals surface area contributed by atoms with Crippen molar-refractivity contribution in [1.29, 1.82) is 0 Å². The Morgan fingerprint density at radius 3 is 2.31 bits per heavy atom. The number of hydrogen-bond donors (Lipinski definition) is 2. The van der Waals surface area contributed by atoms with Gasteiger partial charge in [-0.05, 0) is 43.1 Å². The molecule has 2 N–H and O–H groups in total. The van der Waals surface area contributed by atoms with Crippen LogP contribution in [0.25, 0.3) is 0 Å². The summed E-state index contributed by atoms with van der Waals surface area (Å²) in [6.07, 6.45) is 8.43. The van der Waals surface area contributed by atoms with Gasteiger partial charge in [0.25, 0.3) is 0 Å². The van der Waals surface area contributed by atoms with E-state index < -0.39 is 0 Å². The summed E-state index contributed by atoms with van der Waals surface area (Å²) in [4.78, 5) is 4.50. The van der Waals surface area contributed by atoms with E-state index in [9.17, 15) is 0 Å². The zero-order valence-corrected chi connectivity index (χ0v) is 20.4. The van der Waals surface area contributed by atoms with Crippen LogP contribution in [0.4, 0.5) is 0 Å². The van der Waals surface area contributed by atoms with Crippen LogP contribution in [0.15, 0.2) is 35.3 Å². The van der Waals surface area contributed by atoms with Crippen LogP contribution in [0.5, 0.6) is 0 Å². The molecule has 0 amide bonds. The molecule has 3 rings (SSSR count). The Morgan fingerprint density at radius 2 is 1.69 bits per heavy atom. The van der Waals surface area contributed by atoms with Crippen LogP contribution in [0, 0.1) is 5.41 Å². The van der Waals surface area contributed by atoms with E-state index >= 15 is 0 Å². The lowest BCUT2D eigenvalue weighted by molar-refractivity contribution is 0.0513. The molecule has 1 aromatic carbocycles. The van der Waals surface area contributed by atoms with E-state index in [1.807, 2.05) is 7.05 Å². The van der Waals surface area contributed by atoms with Crippen molar-refractivity contribution in [2.45, 2.75) is 50.4 Å². The van der Waals surface area contributed by atoms with Crippen LogP contribution in [0.2, 0.25) is 0 Å². The minimum Gasteiger partial charge on any atom is -0.385 e. The summed E-state index contributed by atoms with van der Waals surface area (Å²) in [6.45, 7) is 4.33. The first-order valence-corrected chi connectivity index (χ1v) is 10.8. The van der Waals surface area contributed by atoms with Gasteiger partial charge in [-0.15, -0.1) is 24.0 Å². The van der Waals surface area contributed by atoms with Crippen molar-refractivity contribution in [2.24, 2.45) is 10.4 Å². The van der Waals surface area contributed by atoms with E-state index in [2.05, 4.69) is 46.0 Å². The topological polar surface area (TPSA) is 54.9 Å². The molecule has 0 bridgehead atoms. The van der Waals surface area contributed by atoms with Gasteiger partial charge in [0.15, 0.2) is 5.96 Å². The van der Waals surface area contributed by atoms with Crippen molar-refractivity contribution in [3.05, 3.63) is 35.9 Å². The van der Waals surface area contributed by atoms with Crippen LogP contribution in [-0.2, 0) is 14.9 Å². The second-order valence-electron chi connectivity index (χ2n) is 8.49. The summed E-state index contributed by atoms with van der Waals surface area (Å²) >= 11 is 0. The lowest BCUT2D eigenvalue weighted by Gasteiger charge is -2.38. The first-order chi connectivity index (χ1) is 13.7. The predicted molar refractivity (Wildman–Crippen MR) is 130 cm³/mol. The first kappa shape index (κ1) is 24.4. The molecule has 2 aliphatic rings. The van der Waals surface area contributed by atoms with Gasteiger partial charge in [-0.1, -0.05) is 43.2 Å². The number of nitrogens with zero attached hydrogens (tertiary/aromatic N) is 1. The lowest BCUT2D eigenvalue weighted by atomic mass is 9.74. The summed E-state index contributed by atoms with van der Waals surface area (Å²) in [5.41, 5.74) is 1.86. The fourth-order valence-corrected chi connectivity index (χ4v) is 4.82. The Hall–Kier alpha value is -0.860. The fraction of sp³-hybridized carbons (Fsp3) is 0.696. The fourth-order valence-electron chi connectivity index (χ4n) is 4.82. The molecule has 0 atom stereocenters. The molecule has 1 saturated carbocycles.